The number of carbonyl (C=O) groups excluding carboxylic acids is 2. The van der Waals surface area contributed by atoms with Crippen LogP contribution in [0, 0.1) is 5.92 Å². The topological polar surface area (TPSA) is 74.3 Å². The maximum Gasteiger partial charge on any atom is 0.265 e. The summed E-state index contributed by atoms with van der Waals surface area (Å²) in [5, 5.41) is 6.30. The molecular weight excluding hydrogens is 372 g/mol. The third kappa shape index (κ3) is 4.42. The van der Waals surface area contributed by atoms with Gasteiger partial charge in [0.1, 0.15) is 4.88 Å². The van der Waals surface area contributed by atoms with Gasteiger partial charge >= 0.3 is 0 Å². The van der Waals surface area contributed by atoms with Crippen molar-refractivity contribution in [2.75, 3.05) is 26.2 Å². The van der Waals surface area contributed by atoms with Gasteiger partial charge in [-0.2, -0.15) is 4.37 Å². The first-order valence-corrected chi connectivity index (χ1v) is 10.8. The van der Waals surface area contributed by atoms with Gasteiger partial charge < -0.3 is 15.5 Å². The fourth-order valence-corrected chi connectivity index (χ4v) is 4.70. The Labute approximate surface area is 169 Å². The van der Waals surface area contributed by atoms with E-state index in [2.05, 4.69) is 15.0 Å². The highest BCUT2D eigenvalue weighted by atomic mass is 32.1. The van der Waals surface area contributed by atoms with Gasteiger partial charge in [0.15, 0.2) is 0 Å². The van der Waals surface area contributed by atoms with E-state index in [-0.39, 0.29) is 17.9 Å². The van der Waals surface area contributed by atoms with Crippen molar-refractivity contribution >= 4 is 23.3 Å². The molecule has 6 nitrogen and oxygen atoms in total. The molecule has 28 heavy (non-hydrogen) atoms. The Morgan fingerprint density at radius 3 is 2.86 bits per heavy atom. The van der Waals surface area contributed by atoms with E-state index in [1.54, 1.807) is 0 Å². The number of nitrogens with one attached hydrogen (secondary N) is 2. The van der Waals surface area contributed by atoms with Crippen LogP contribution in [0.2, 0.25) is 0 Å². The summed E-state index contributed by atoms with van der Waals surface area (Å²) in [4.78, 5) is 27.7. The lowest BCUT2D eigenvalue weighted by atomic mass is 9.97. The number of amides is 2. The predicted molar refractivity (Wildman–Crippen MR) is 110 cm³/mol. The molecule has 0 saturated carbocycles. The largest absolute Gasteiger partial charge is 0.354 e. The Kier molecular flexibility index (Phi) is 6.02. The van der Waals surface area contributed by atoms with Crippen LogP contribution >= 0.6 is 11.5 Å². The van der Waals surface area contributed by atoms with E-state index < -0.39 is 0 Å². The number of likely N-dealkylation sites (tertiary alicyclic amines) is 1. The third-order valence-electron chi connectivity index (χ3n) is 5.54. The fourth-order valence-electron chi connectivity index (χ4n) is 3.97. The SMILES string of the molecule is O=C(NCC1CCCN(C(=O)c2cc(-c3ccccc3)ns2)C1)C1CCCN1. The van der Waals surface area contributed by atoms with Crippen molar-refractivity contribution in [1.82, 2.24) is 19.9 Å². The Morgan fingerprint density at radius 2 is 2.07 bits per heavy atom. The van der Waals surface area contributed by atoms with Crippen LogP contribution in [-0.2, 0) is 4.79 Å². The van der Waals surface area contributed by atoms with E-state index in [1.165, 1.54) is 11.5 Å². The minimum atomic E-state index is -0.0464. The van der Waals surface area contributed by atoms with Crippen LogP contribution in [0.1, 0.15) is 35.4 Å². The minimum Gasteiger partial charge on any atom is -0.354 e. The van der Waals surface area contributed by atoms with E-state index >= 15 is 0 Å². The molecule has 0 bridgehead atoms. The maximum absolute atomic E-state index is 12.9. The van der Waals surface area contributed by atoms with Crippen LogP contribution in [0.3, 0.4) is 0 Å². The third-order valence-corrected chi connectivity index (χ3v) is 6.32. The molecule has 2 fully saturated rings. The van der Waals surface area contributed by atoms with Crippen molar-refractivity contribution in [2.45, 2.75) is 31.7 Å². The zero-order valence-electron chi connectivity index (χ0n) is 15.9. The first-order chi connectivity index (χ1) is 13.7. The van der Waals surface area contributed by atoms with E-state index in [0.29, 0.717) is 23.9 Å². The summed E-state index contributed by atoms with van der Waals surface area (Å²) in [6.45, 7) is 3.02. The van der Waals surface area contributed by atoms with Gasteiger partial charge in [-0.05, 0) is 55.7 Å². The van der Waals surface area contributed by atoms with Gasteiger partial charge in [0.05, 0.1) is 11.7 Å². The average Bonchev–Trinajstić information content (AvgIpc) is 3.45. The quantitative estimate of drug-likeness (QED) is 0.812. The van der Waals surface area contributed by atoms with Crippen LogP contribution in [-0.4, -0.2) is 53.3 Å². The van der Waals surface area contributed by atoms with Gasteiger partial charge in [0, 0.05) is 25.2 Å². The molecule has 1 aromatic heterocycles. The van der Waals surface area contributed by atoms with Crippen molar-refractivity contribution in [1.29, 1.82) is 0 Å². The van der Waals surface area contributed by atoms with Crippen molar-refractivity contribution < 1.29 is 9.59 Å². The van der Waals surface area contributed by atoms with Crippen molar-refractivity contribution in [3.8, 4) is 11.3 Å². The maximum atomic E-state index is 12.9. The zero-order valence-corrected chi connectivity index (χ0v) is 16.7. The average molecular weight is 399 g/mol. The number of benzene rings is 1. The molecule has 2 amide bonds. The molecule has 2 aliphatic heterocycles. The van der Waals surface area contributed by atoms with Gasteiger partial charge in [-0.3, -0.25) is 9.59 Å². The molecule has 0 radical (unpaired) electrons. The molecule has 2 N–H and O–H groups in total. The number of hydrogen-bond acceptors (Lipinski definition) is 5. The normalized spacial score (nSPS) is 22.2. The highest BCUT2D eigenvalue weighted by molar-refractivity contribution is 7.08. The molecule has 0 spiro atoms. The van der Waals surface area contributed by atoms with Crippen LogP contribution in [0.25, 0.3) is 11.3 Å². The lowest BCUT2D eigenvalue weighted by Gasteiger charge is -2.32. The lowest BCUT2D eigenvalue weighted by molar-refractivity contribution is -0.123. The van der Waals surface area contributed by atoms with Crippen molar-refractivity contribution in [2.24, 2.45) is 5.92 Å². The van der Waals surface area contributed by atoms with Crippen molar-refractivity contribution in [3.63, 3.8) is 0 Å². The van der Waals surface area contributed by atoms with E-state index in [4.69, 9.17) is 0 Å². The van der Waals surface area contributed by atoms with Crippen LogP contribution in [0.5, 0.6) is 0 Å². The molecule has 2 saturated heterocycles. The molecular formula is C21H26N4O2S. The summed E-state index contributed by atoms with van der Waals surface area (Å²) in [6.07, 6.45) is 3.98. The molecule has 2 atom stereocenters. The van der Waals surface area contributed by atoms with Gasteiger partial charge in [0.25, 0.3) is 5.91 Å². The number of aromatic nitrogens is 1. The van der Waals surface area contributed by atoms with Gasteiger partial charge in [-0.15, -0.1) is 0 Å². The Balaban J connectivity index is 1.33. The van der Waals surface area contributed by atoms with E-state index in [9.17, 15) is 9.59 Å². The molecule has 3 heterocycles. The van der Waals surface area contributed by atoms with Gasteiger partial charge in [-0.25, -0.2) is 0 Å². The molecule has 7 heteroatoms. The summed E-state index contributed by atoms with van der Waals surface area (Å²) >= 11 is 1.26. The molecule has 2 aliphatic rings. The molecule has 1 aromatic carbocycles. The Hall–Kier alpha value is -2.25. The fraction of sp³-hybridized carbons (Fsp3) is 0.476. The highest BCUT2D eigenvalue weighted by Crippen LogP contribution is 2.25. The second-order valence-electron chi connectivity index (χ2n) is 7.60. The standard InChI is InChI=1S/C21H26N4O2S/c26-20(17-9-4-10-22-17)23-13-15-6-5-11-25(14-15)21(27)19-12-18(24-28-19)16-7-2-1-3-8-16/h1-3,7-8,12,15,17,22H,4-6,9-11,13-14H2,(H,23,26). The number of nitrogens with zero attached hydrogens (tertiary/aromatic N) is 2. The predicted octanol–water partition coefficient (Wildman–Crippen LogP) is 2.53. The second-order valence-corrected chi connectivity index (χ2v) is 8.40. The number of rotatable bonds is 5. The Morgan fingerprint density at radius 1 is 1.21 bits per heavy atom. The first-order valence-electron chi connectivity index (χ1n) is 10.0. The zero-order chi connectivity index (χ0) is 19.3. The summed E-state index contributed by atoms with van der Waals surface area (Å²) in [6, 6.07) is 11.8. The molecule has 0 aliphatic carbocycles. The van der Waals surface area contributed by atoms with Crippen LogP contribution < -0.4 is 10.6 Å². The van der Waals surface area contributed by atoms with Crippen LogP contribution in [0.4, 0.5) is 0 Å². The highest BCUT2D eigenvalue weighted by Gasteiger charge is 2.27. The van der Waals surface area contributed by atoms with Crippen molar-refractivity contribution in [3.05, 3.63) is 41.3 Å². The van der Waals surface area contributed by atoms with E-state index in [1.807, 2.05) is 41.3 Å². The lowest BCUT2D eigenvalue weighted by Crippen LogP contribution is -2.46. The summed E-state index contributed by atoms with van der Waals surface area (Å²) in [7, 11) is 0. The first kappa shape index (κ1) is 19.1. The number of piperidine rings is 1. The second kappa shape index (κ2) is 8.84. The molecule has 2 aromatic rings. The van der Waals surface area contributed by atoms with Gasteiger partial charge in [0.2, 0.25) is 5.91 Å². The molecule has 2 unspecified atom stereocenters. The summed E-state index contributed by atoms with van der Waals surface area (Å²) < 4.78 is 4.46. The van der Waals surface area contributed by atoms with E-state index in [0.717, 1.165) is 50.0 Å². The smallest absolute Gasteiger partial charge is 0.265 e. The molecule has 4 rings (SSSR count). The van der Waals surface area contributed by atoms with Gasteiger partial charge in [-0.1, -0.05) is 30.3 Å². The monoisotopic (exact) mass is 398 g/mol. The summed E-state index contributed by atoms with van der Waals surface area (Å²) in [5.41, 5.74) is 1.87. The Bertz CT molecular complexity index is 817. The minimum absolute atomic E-state index is 0.0464. The number of hydrogen-bond donors (Lipinski definition) is 2. The summed E-state index contributed by atoms with van der Waals surface area (Å²) in [5.74, 6) is 0.452. The number of carbonyl (C=O) groups is 2. The molecule has 148 valence electrons. The van der Waals surface area contributed by atoms with Crippen LogP contribution in [0.15, 0.2) is 36.4 Å².